The van der Waals surface area contributed by atoms with Crippen LogP contribution in [-0.4, -0.2) is 28.0 Å². The molecule has 1 aromatic rings. The van der Waals surface area contributed by atoms with Crippen molar-refractivity contribution in [1.82, 2.24) is 10.3 Å². The van der Waals surface area contributed by atoms with Crippen molar-refractivity contribution in [2.45, 2.75) is 25.6 Å². The second-order valence-electron chi connectivity index (χ2n) is 3.70. The Hall–Kier alpha value is -2.12. The summed E-state index contributed by atoms with van der Waals surface area (Å²) in [6.07, 6.45) is -3.85. The number of carbonyl (C=O) groups is 2. The molecule has 0 aliphatic rings. The Morgan fingerprint density at radius 2 is 2.05 bits per heavy atom. The molecule has 5 nitrogen and oxygen atoms in total. The molecule has 1 rings (SSSR count). The van der Waals surface area contributed by atoms with Crippen LogP contribution in [0.2, 0.25) is 0 Å². The number of carbonyl (C=O) groups excluding carboxylic acids is 1. The van der Waals surface area contributed by atoms with Crippen molar-refractivity contribution in [3.05, 3.63) is 29.6 Å². The van der Waals surface area contributed by atoms with Crippen molar-refractivity contribution >= 4 is 11.9 Å². The molecule has 1 amide bonds. The molecule has 1 atom stereocenters. The Morgan fingerprint density at radius 1 is 1.42 bits per heavy atom. The van der Waals surface area contributed by atoms with Crippen LogP contribution in [0.3, 0.4) is 0 Å². The molecule has 1 aromatic heterocycles. The second kappa shape index (κ2) is 5.68. The fourth-order valence-corrected chi connectivity index (χ4v) is 1.27. The molecule has 0 aliphatic carbocycles. The van der Waals surface area contributed by atoms with E-state index < -0.39 is 29.7 Å². The summed E-state index contributed by atoms with van der Waals surface area (Å²) in [6, 6.07) is 0.507. The van der Waals surface area contributed by atoms with Gasteiger partial charge in [0.05, 0.1) is 5.56 Å². The highest BCUT2D eigenvalue weighted by atomic mass is 19.4. The maximum atomic E-state index is 12.3. The lowest BCUT2D eigenvalue weighted by Gasteiger charge is -2.12. The molecule has 0 fully saturated rings. The summed E-state index contributed by atoms with van der Waals surface area (Å²) in [6.45, 7) is 1.55. The van der Waals surface area contributed by atoms with Gasteiger partial charge in [0.2, 0.25) is 0 Å². The van der Waals surface area contributed by atoms with Gasteiger partial charge in [0.15, 0.2) is 0 Å². The van der Waals surface area contributed by atoms with E-state index >= 15 is 0 Å². The minimum atomic E-state index is -4.53. The maximum absolute atomic E-state index is 12.3. The first-order valence-corrected chi connectivity index (χ1v) is 5.32. The Balaban J connectivity index is 2.81. The van der Waals surface area contributed by atoms with Crippen molar-refractivity contribution in [3.8, 4) is 0 Å². The second-order valence-corrected chi connectivity index (χ2v) is 3.70. The van der Waals surface area contributed by atoms with Crippen molar-refractivity contribution in [2.75, 3.05) is 0 Å². The van der Waals surface area contributed by atoms with Crippen molar-refractivity contribution in [3.63, 3.8) is 0 Å². The molecular formula is C11H11F3N2O3. The van der Waals surface area contributed by atoms with E-state index in [1.165, 1.54) is 0 Å². The summed E-state index contributed by atoms with van der Waals surface area (Å²) in [5, 5.41) is 10.9. The summed E-state index contributed by atoms with van der Waals surface area (Å²) in [5.74, 6) is -2.05. The van der Waals surface area contributed by atoms with Gasteiger partial charge in [-0.25, -0.2) is 4.79 Å². The van der Waals surface area contributed by atoms with Crippen LogP contribution in [-0.2, 0) is 11.0 Å². The third-order valence-corrected chi connectivity index (χ3v) is 2.34. The number of alkyl halides is 3. The zero-order valence-electron chi connectivity index (χ0n) is 9.86. The van der Waals surface area contributed by atoms with Crippen LogP contribution in [0, 0.1) is 0 Å². The molecule has 0 unspecified atom stereocenters. The number of pyridine rings is 1. The van der Waals surface area contributed by atoms with Crippen molar-refractivity contribution in [2.24, 2.45) is 0 Å². The molecule has 0 bridgehead atoms. The van der Waals surface area contributed by atoms with Crippen LogP contribution < -0.4 is 5.32 Å². The summed E-state index contributed by atoms with van der Waals surface area (Å²) in [5.41, 5.74) is -1.25. The molecule has 0 aliphatic heterocycles. The molecule has 0 saturated heterocycles. The van der Waals surface area contributed by atoms with Crippen LogP contribution in [0.15, 0.2) is 18.3 Å². The molecule has 0 saturated carbocycles. The smallest absolute Gasteiger partial charge is 0.417 e. The average Bonchev–Trinajstić information content (AvgIpc) is 2.34. The first-order valence-electron chi connectivity index (χ1n) is 5.32. The Kier molecular flexibility index (Phi) is 4.47. The highest BCUT2D eigenvalue weighted by molar-refractivity contribution is 5.94. The lowest BCUT2D eigenvalue weighted by atomic mass is 10.2. The van der Waals surface area contributed by atoms with Crippen LogP contribution in [0.4, 0.5) is 13.2 Å². The van der Waals surface area contributed by atoms with E-state index in [2.05, 4.69) is 10.3 Å². The average molecular weight is 276 g/mol. The van der Waals surface area contributed by atoms with E-state index in [9.17, 15) is 22.8 Å². The van der Waals surface area contributed by atoms with Crippen LogP contribution in [0.5, 0.6) is 0 Å². The number of rotatable bonds is 4. The Labute approximate surface area is 106 Å². The fraction of sp³-hybridized carbons (Fsp3) is 0.364. The third kappa shape index (κ3) is 3.94. The van der Waals surface area contributed by atoms with Gasteiger partial charge in [-0.1, -0.05) is 6.92 Å². The Bertz CT molecular complexity index is 471. The van der Waals surface area contributed by atoms with E-state index in [1.54, 1.807) is 6.92 Å². The van der Waals surface area contributed by atoms with Crippen LogP contribution in [0.25, 0.3) is 0 Å². The van der Waals surface area contributed by atoms with Gasteiger partial charge in [-0.3, -0.25) is 9.78 Å². The largest absolute Gasteiger partial charge is 0.480 e. The normalized spacial score (nSPS) is 12.8. The van der Waals surface area contributed by atoms with Gasteiger partial charge in [-0.05, 0) is 18.6 Å². The van der Waals surface area contributed by atoms with E-state index in [0.29, 0.717) is 12.3 Å². The number of carboxylic acids is 1. The zero-order chi connectivity index (χ0) is 14.6. The number of carboxylic acid groups (broad SMARTS) is 1. The van der Waals surface area contributed by atoms with Crippen LogP contribution in [0.1, 0.15) is 29.4 Å². The van der Waals surface area contributed by atoms with Gasteiger partial charge >= 0.3 is 12.1 Å². The maximum Gasteiger partial charge on any atom is 0.417 e. The standard InChI is InChI=1S/C11H11F3N2O3/c1-2-7(10(18)19)16-9(17)8-4-3-6(5-15-8)11(12,13)14/h3-5,7H,2H2,1H3,(H,16,17)(H,18,19)/t7-/m0/s1. The summed E-state index contributed by atoms with van der Waals surface area (Å²) in [4.78, 5) is 25.6. The Morgan fingerprint density at radius 3 is 2.42 bits per heavy atom. The minimum absolute atomic E-state index is 0.154. The van der Waals surface area contributed by atoms with E-state index in [4.69, 9.17) is 5.11 Å². The topological polar surface area (TPSA) is 79.3 Å². The first-order chi connectivity index (χ1) is 8.75. The number of nitrogens with zero attached hydrogens (tertiary/aromatic N) is 1. The number of amides is 1. The molecule has 0 spiro atoms. The summed E-state index contributed by atoms with van der Waals surface area (Å²) < 4.78 is 36.8. The monoisotopic (exact) mass is 276 g/mol. The van der Waals surface area contributed by atoms with Gasteiger partial charge < -0.3 is 10.4 Å². The number of hydrogen-bond donors (Lipinski definition) is 2. The predicted molar refractivity (Wildman–Crippen MR) is 58.4 cm³/mol. The quantitative estimate of drug-likeness (QED) is 0.877. The lowest BCUT2D eigenvalue weighted by molar-refractivity contribution is -0.139. The molecule has 0 radical (unpaired) electrons. The fourth-order valence-electron chi connectivity index (χ4n) is 1.27. The molecule has 0 aromatic carbocycles. The van der Waals surface area contributed by atoms with Gasteiger partial charge in [-0.15, -0.1) is 0 Å². The zero-order valence-corrected chi connectivity index (χ0v) is 9.86. The molecular weight excluding hydrogens is 265 g/mol. The SMILES string of the molecule is CC[C@H](NC(=O)c1ccc(C(F)(F)F)cn1)C(=O)O. The molecule has 104 valence electrons. The lowest BCUT2D eigenvalue weighted by Crippen LogP contribution is -2.40. The van der Waals surface area contributed by atoms with Gasteiger partial charge in [0.25, 0.3) is 5.91 Å². The summed E-state index contributed by atoms with van der Waals surface area (Å²) >= 11 is 0. The minimum Gasteiger partial charge on any atom is -0.480 e. The van der Waals surface area contributed by atoms with Gasteiger partial charge in [0.1, 0.15) is 11.7 Å². The first kappa shape index (κ1) is 14.9. The molecule has 8 heteroatoms. The van der Waals surface area contributed by atoms with E-state index in [0.717, 1.165) is 6.07 Å². The predicted octanol–water partition coefficient (Wildman–Crippen LogP) is 1.69. The highest BCUT2D eigenvalue weighted by Gasteiger charge is 2.31. The van der Waals surface area contributed by atoms with E-state index in [-0.39, 0.29) is 12.1 Å². The van der Waals surface area contributed by atoms with Crippen molar-refractivity contribution < 1.29 is 27.9 Å². The molecule has 19 heavy (non-hydrogen) atoms. The number of aliphatic carboxylic acids is 1. The van der Waals surface area contributed by atoms with Crippen molar-refractivity contribution in [1.29, 1.82) is 0 Å². The number of aromatic nitrogens is 1. The number of hydrogen-bond acceptors (Lipinski definition) is 3. The summed E-state index contributed by atoms with van der Waals surface area (Å²) in [7, 11) is 0. The third-order valence-electron chi connectivity index (χ3n) is 2.34. The highest BCUT2D eigenvalue weighted by Crippen LogP contribution is 2.28. The number of nitrogens with one attached hydrogen (secondary N) is 1. The van der Waals surface area contributed by atoms with Gasteiger partial charge in [-0.2, -0.15) is 13.2 Å². The molecule has 1 heterocycles. The van der Waals surface area contributed by atoms with E-state index in [1.807, 2.05) is 0 Å². The van der Waals surface area contributed by atoms with Gasteiger partial charge in [0, 0.05) is 6.20 Å². The molecule has 2 N–H and O–H groups in total. The number of halogens is 3. The van der Waals surface area contributed by atoms with Crippen LogP contribution >= 0.6 is 0 Å².